The van der Waals surface area contributed by atoms with Crippen LogP contribution in [0.5, 0.6) is 0 Å². The van der Waals surface area contributed by atoms with Crippen molar-refractivity contribution in [2.24, 2.45) is 5.73 Å². The number of nitrogens with two attached hydrogens (primary N) is 1. The first-order valence-electron chi connectivity index (χ1n) is 4.47. The van der Waals surface area contributed by atoms with E-state index in [2.05, 4.69) is 5.92 Å². The zero-order chi connectivity index (χ0) is 12.2. The van der Waals surface area contributed by atoms with E-state index in [1.54, 1.807) is 24.3 Å². The topological polar surface area (TPSA) is 60.2 Å². The van der Waals surface area contributed by atoms with E-state index in [1.807, 2.05) is 0 Å². The Kier molecular flexibility index (Phi) is 4.05. The van der Waals surface area contributed by atoms with Gasteiger partial charge in [0.05, 0.1) is 5.75 Å². The molecule has 0 aliphatic carbocycles. The van der Waals surface area contributed by atoms with Gasteiger partial charge < -0.3 is 5.73 Å². The number of terminal acetylenes is 1. The van der Waals surface area contributed by atoms with Gasteiger partial charge in [0.15, 0.2) is 9.84 Å². The second kappa shape index (κ2) is 5.10. The summed E-state index contributed by atoms with van der Waals surface area (Å²) in [4.78, 5) is 0.246. The number of rotatable bonds is 4. The lowest BCUT2D eigenvalue weighted by atomic mass is 10.1. The standard InChI is InChI=1S/C11H11NO2S2/c1-2-6-16(13,14)8-9-4-3-5-10(7-9)11(12)15/h1,3-5,7H,6,8H2,(H2,12,15). The second-order valence-electron chi connectivity index (χ2n) is 3.30. The van der Waals surface area contributed by atoms with E-state index in [0.29, 0.717) is 11.1 Å². The van der Waals surface area contributed by atoms with E-state index in [-0.39, 0.29) is 16.5 Å². The first-order chi connectivity index (χ1) is 7.44. The normalized spacial score (nSPS) is 10.7. The van der Waals surface area contributed by atoms with Crippen molar-refractivity contribution in [3.8, 4) is 12.3 Å². The summed E-state index contributed by atoms with van der Waals surface area (Å²) in [5.74, 6) is 1.78. The maximum absolute atomic E-state index is 11.5. The fourth-order valence-corrected chi connectivity index (χ4v) is 2.42. The Morgan fingerprint density at radius 2 is 2.19 bits per heavy atom. The summed E-state index contributed by atoms with van der Waals surface area (Å²) in [5, 5.41) is 0. The predicted octanol–water partition coefficient (Wildman–Crippen LogP) is 0.869. The molecule has 16 heavy (non-hydrogen) atoms. The Hall–Kier alpha value is -1.38. The van der Waals surface area contributed by atoms with E-state index >= 15 is 0 Å². The first kappa shape index (κ1) is 12.7. The number of benzene rings is 1. The van der Waals surface area contributed by atoms with E-state index in [0.717, 1.165) is 0 Å². The minimum Gasteiger partial charge on any atom is -0.389 e. The highest BCUT2D eigenvalue weighted by Crippen LogP contribution is 2.09. The summed E-state index contributed by atoms with van der Waals surface area (Å²) in [7, 11) is -3.25. The largest absolute Gasteiger partial charge is 0.389 e. The number of sulfone groups is 1. The van der Waals surface area contributed by atoms with Crippen LogP contribution in [0.2, 0.25) is 0 Å². The van der Waals surface area contributed by atoms with Crippen molar-refractivity contribution in [2.45, 2.75) is 5.75 Å². The molecular weight excluding hydrogens is 242 g/mol. The molecule has 2 N–H and O–H groups in total. The van der Waals surface area contributed by atoms with Crippen LogP contribution in [0.3, 0.4) is 0 Å². The van der Waals surface area contributed by atoms with Crippen LogP contribution in [0.4, 0.5) is 0 Å². The Labute approximate surface area is 101 Å². The van der Waals surface area contributed by atoms with Gasteiger partial charge in [-0.1, -0.05) is 36.3 Å². The number of hydrogen-bond acceptors (Lipinski definition) is 3. The third-order valence-electron chi connectivity index (χ3n) is 1.90. The van der Waals surface area contributed by atoms with Gasteiger partial charge in [-0.25, -0.2) is 8.42 Å². The summed E-state index contributed by atoms with van der Waals surface area (Å²) in [6, 6.07) is 6.82. The summed E-state index contributed by atoms with van der Waals surface area (Å²) in [6.07, 6.45) is 4.98. The maximum atomic E-state index is 11.5. The van der Waals surface area contributed by atoms with Crippen LogP contribution in [-0.2, 0) is 15.6 Å². The van der Waals surface area contributed by atoms with Crippen molar-refractivity contribution in [3.63, 3.8) is 0 Å². The average Bonchev–Trinajstić information content (AvgIpc) is 2.17. The smallest absolute Gasteiger partial charge is 0.165 e. The average molecular weight is 253 g/mol. The summed E-state index contributed by atoms with van der Waals surface area (Å²) < 4.78 is 22.9. The Balaban J connectivity index is 2.95. The molecule has 5 heteroatoms. The Morgan fingerprint density at radius 1 is 1.50 bits per heavy atom. The molecule has 0 unspecified atom stereocenters. The molecule has 0 saturated carbocycles. The van der Waals surface area contributed by atoms with Crippen molar-refractivity contribution < 1.29 is 8.42 Å². The van der Waals surface area contributed by atoms with Gasteiger partial charge in [-0.05, 0) is 11.6 Å². The quantitative estimate of drug-likeness (QED) is 0.639. The molecule has 0 atom stereocenters. The molecule has 1 aromatic carbocycles. The molecule has 0 aromatic heterocycles. The highest BCUT2D eigenvalue weighted by molar-refractivity contribution is 7.90. The molecule has 0 saturated heterocycles. The lowest BCUT2D eigenvalue weighted by molar-refractivity contribution is 0.598. The second-order valence-corrected chi connectivity index (χ2v) is 5.81. The van der Waals surface area contributed by atoms with Crippen LogP contribution in [0.15, 0.2) is 24.3 Å². The van der Waals surface area contributed by atoms with E-state index in [4.69, 9.17) is 24.4 Å². The van der Waals surface area contributed by atoms with Crippen LogP contribution in [0.25, 0.3) is 0 Å². The molecule has 0 radical (unpaired) electrons. The van der Waals surface area contributed by atoms with Crippen LogP contribution in [-0.4, -0.2) is 19.2 Å². The molecule has 1 rings (SSSR count). The molecule has 0 bridgehead atoms. The zero-order valence-electron chi connectivity index (χ0n) is 8.51. The van der Waals surface area contributed by atoms with Crippen molar-refractivity contribution in [3.05, 3.63) is 35.4 Å². The summed E-state index contributed by atoms with van der Waals surface area (Å²) in [6.45, 7) is 0. The molecule has 0 aliphatic rings. The van der Waals surface area contributed by atoms with Crippen LogP contribution in [0, 0.1) is 12.3 Å². The van der Waals surface area contributed by atoms with Gasteiger partial charge in [0.2, 0.25) is 0 Å². The third kappa shape index (κ3) is 3.65. The third-order valence-corrected chi connectivity index (χ3v) is 3.52. The molecule has 1 aromatic rings. The van der Waals surface area contributed by atoms with Gasteiger partial charge in [0.1, 0.15) is 10.7 Å². The highest BCUT2D eigenvalue weighted by Gasteiger charge is 2.10. The van der Waals surface area contributed by atoms with Crippen LogP contribution >= 0.6 is 12.2 Å². The van der Waals surface area contributed by atoms with Gasteiger partial charge in [-0.2, -0.15) is 0 Å². The number of thiocarbonyl (C=S) groups is 1. The molecule has 3 nitrogen and oxygen atoms in total. The van der Waals surface area contributed by atoms with Crippen LogP contribution < -0.4 is 5.73 Å². The van der Waals surface area contributed by atoms with Gasteiger partial charge in [-0.3, -0.25) is 0 Å². The highest BCUT2D eigenvalue weighted by atomic mass is 32.2. The molecule has 0 aliphatic heterocycles. The number of hydrogen-bond donors (Lipinski definition) is 1. The Morgan fingerprint density at radius 3 is 2.75 bits per heavy atom. The summed E-state index contributed by atoms with van der Waals surface area (Å²) in [5.41, 5.74) is 6.75. The molecular formula is C11H11NO2S2. The van der Waals surface area contributed by atoms with Gasteiger partial charge >= 0.3 is 0 Å². The zero-order valence-corrected chi connectivity index (χ0v) is 10.1. The monoisotopic (exact) mass is 253 g/mol. The van der Waals surface area contributed by atoms with Gasteiger partial charge in [0.25, 0.3) is 0 Å². The molecule has 0 spiro atoms. The van der Waals surface area contributed by atoms with Gasteiger partial charge in [-0.15, -0.1) is 6.42 Å². The van der Waals surface area contributed by atoms with Crippen molar-refractivity contribution >= 4 is 27.0 Å². The van der Waals surface area contributed by atoms with Crippen molar-refractivity contribution in [2.75, 3.05) is 5.75 Å². The van der Waals surface area contributed by atoms with Gasteiger partial charge in [0, 0.05) is 5.56 Å². The first-order valence-corrected chi connectivity index (χ1v) is 6.70. The molecule has 0 fully saturated rings. The van der Waals surface area contributed by atoms with Crippen LogP contribution in [0.1, 0.15) is 11.1 Å². The van der Waals surface area contributed by atoms with E-state index in [1.165, 1.54) is 0 Å². The lowest BCUT2D eigenvalue weighted by Crippen LogP contribution is -2.11. The molecule has 84 valence electrons. The van der Waals surface area contributed by atoms with E-state index < -0.39 is 9.84 Å². The maximum Gasteiger partial charge on any atom is 0.165 e. The summed E-state index contributed by atoms with van der Waals surface area (Å²) >= 11 is 4.81. The Bertz CT molecular complexity index is 541. The van der Waals surface area contributed by atoms with Crippen molar-refractivity contribution in [1.29, 1.82) is 0 Å². The van der Waals surface area contributed by atoms with E-state index in [9.17, 15) is 8.42 Å². The lowest BCUT2D eigenvalue weighted by Gasteiger charge is -2.03. The fourth-order valence-electron chi connectivity index (χ4n) is 1.25. The SMILES string of the molecule is C#CCS(=O)(=O)Cc1cccc(C(N)=S)c1. The predicted molar refractivity (Wildman–Crippen MR) is 68.7 cm³/mol. The molecule has 0 amide bonds. The minimum absolute atomic E-state index is 0.0896. The minimum atomic E-state index is -3.25. The molecule has 0 heterocycles. The van der Waals surface area contributed by atoms with Crippen molar-refractivity contribution in [1.82, 2.24) is 0 Å². The fraction of sp³-hybridized carbons (Fsp3) is 0.182.